The van der Waals surface area contributed by atoms with Crippen LogP contribution in [0.3, 0.4) is 0 Å². The number of nitrogens with one attached hydrogen (secondary N) is 1. The normalized spacial score (nSPS) is 17.1. The summed E-state index contributed by atoms with van der Waals surface area (Å²) in [5, 5.41) is 9.64. The Kier molecular flexibility index (Phi) is 3.22. The highest BCUT2D eigenvalue weighted by Crippen LogP contribution is 2.45. The van der Waals surface area contributed by atoms with Gasteiger partial charge in [0.15, 0.2) is 11.5 Å². The van der Waals surface area contributed by atoms with Gasteiger partial charge in [-0.05, 0) is 0 Å². The smallest absolute Gasteiger partial charge is 0.359 e. The average molecular weight is 330 g/mol. The van der Waals surface area contributed by atoms with Crippen molar-refractivity contribution in [1.82, 2.24) is 4.72 Å². The van der Waals surface area contributed by atoms with E-state index in [9.17, 15) is 18.3 Å². The van der Waals surface area contributed by atoms with Crippen LogP contribution in [0.1, 0.15) is 4.88 Å². The molecule has 0 bridgehead atoms. The van der Waals surface area contributed by atoms with Crippen molar-refractivity contribution in [2.75, 3.05) is 7.11 Å². The molecule has 2 N–H and O–H groups in total. The lowest BCUT2D eigenvalue weighted by atomic mass is 10.3. The predicted octanol–water partition coefficient (Wildman–Crippen LogP) is 1.75. The molecule has 0 aromatic carbocycles. The van der Waals surface area contributed by atoms with Gasteiger partial charge in [-0.1, -0.05) is 23.2 Å². The second-order valence-electron chi connectivity index (χ2n) is 3.17. The molecule has 0 spiro atoms. The summed E-state index contributed by atoms with van der Waals surface area (Å²) < 4.78 is 30.0. The third kappa shape index (κ3) is 1.85. The van der Waals surface area contributed by atoms with Crippen molar-refractivity contribution in [1.29, 1.82) is 0 Å². The number of aliphatic hydroxyl groups excluding tert-OH is 1. The van der Waals surface area contributed by atoms with Gasteiger partial charge < -0.3 is 9.84 Å². The Hall–Kier alpha value is -0.960. The number of fused-ring (bicyclic) bond motifs is 1. The molecule has 1 aromatic rings. The third-order valence-corrected chi connectivity index (χ3v) is 5.77. The summed E-state index contributed by atoms with van der Waals surface area (Å²) in [4.78, 5) is 10.9. The van der Waals surface area contributed by atoms with Gasteiger partial charge in [0.25, 0.3) is 10.0 Å². The lowest BCUT2D eigenvalue weighted by molar-refractivity contribution is -0.136. The first-order valence-electron chi connectivity index (χ1n) is 4.32. The van der Waals surface area contributed by atoms with Crippen LogP contribution in [-0.2, 0) is 19.6 Å². The van der Waals surface area contributed by atoms with Gasteiger partial charge in [0.1, 0.15) is 9.23 Å². The Morgan fingerprint density at radius 2 is 2.06 bits per heavy atom. The molecule has 1 aromatic heterocycles. The van der Waals surface area contributed by atoms with Crippen LogP contribution in [0.25, 0.3) is 5.76 Å². The lowest BCUT2D eigenvalue weighted by Gasteiger charge is -2.17. The first-order chi connectivity index (χ1) is 8.29. The highest BCUT2D eigenvalue weighted by atomic mass is 35.5. The molecule has 98 valence electrons. The zero-order chi connectivity index (χ0) is 13.7. The van der Waals surface area contributed by atoms with Gasteiger partial charge in [0.2, 0.25) is 0 Å². The lowest BCUT2D eigenvalue weighted by Crippen LogP contribution is -2.33. The number of methoxy groups -OCH3 is 1. The molecule has 0 saturated heterocycles. The minimum atomic E-state index is -4.06. The number of sulfonamides is 1. The molecule has 2 rings (SSSR count). The number of hydrogen-bond acceptors (Lipinski definition) is 6. The van der Waals surface area contributed by atoms with E-state index < -0.39 is 27.4 Å². The number of carbonyl (C=O) groups is 1. The Bertz CT molecular complexity index is 676. The SMILES string of the molecule is COC(=O)C1=C(O)c2sc(Cl)c(Cl)c2S(=O)(=O)N1. The zero-order valence-electron chi connectivity index (χ0n) is 8.65. The van der Waals surface area contributed by atoms with E-state index >= 15 is 0 Å². The van der Waals surface area contributed by atoms with Gasteiger partial charge in [-0.15, -0.1) is 11.3 Å². The number of aliphatic hydroxyl groups is 1. The van der Waals surface area contributed by atoms with E-state index in [1.54, 1.807) is 0 Å². The summed E-state index contributed by atoms with van der Waals surface area (Å²) in [5.74, 6) is -1.58. The molecule has 18 heavy (non-hydrogen) atoms. The van der Waals surface area contributed by atoms with E-state index in [2.05, 4.69) is 4.74 Å². The van der Waals surface area contributed by atoms with Gasteiger partial charge in [-0.2, -0.15) is 0 Å². The molecule has 0 amide bonds. The summed E-state index contributed by atoms with van der Waals surface area (Å²) in [7, 11) is -3.01. The van der Waals surface area contributed by atoms with Crippen LogP contribution in [0.15, 0.2) is 10.6 Å². The molecule has 0 saturated carbocycles. The Labute approximate surface area is 116 Å². The van der Waals surface area contributed by atoms with E-state index in [4.69, 9.17) is 23.2 Å². The number of halogens is 2. The Balaban J connectivity index is 2.79. The number of thiophene rings is 1. The maximum Gasteiger partial charge on any atom is 0.359 e. The maximum atomic E-state index is 11.9. The third-order valence-electron chi connectivity index (χ3n) is 2.12. The summed E-state index contributed by atoms with van der Waals surface area (Å²) in [5.41, 5.74) is -0.570. The van der Waals surface area contributed by atoms with Crippen molar-refractivity contribution in [2.24, 2.45) is 0 Å². The van der Waals surface area contributed by atoms with Crippen LogP contribution >= 0.6 is 34.5 Å². The second-order valence-corrected chi connectivity index (χ2v) is 6.79. The summed E-state index contributed by atoms with van der Waals surface area (Å²) in [6.45, 7) is 0. The first kappa shape index (κ1) is 13.5. The first-order valence-corrected chi connectivity index (χ1v) is 7.37. The van der Waals surface area contributed by atoms with E-state index in [0.29, 0.717) is 0 Å². The molecule has 0 fully saturated rings. The molecule has 2 heterocycles. The van der Waals surface area contributed by atoms with Crippen LogP contribution in [0, 0.1) is 0 Å². The highest BCUT2D eigenvalue weighted by Gasteiger charge is 2.38. The summed E-state index contributed by atoms with van der Waals surface area (Å²) in [6, 6.07) is 0. The van der Waals surface area contributed by atoms with Gasteiger partial charge >= 0.3 is 5.97 Å². The summed E-state index contributed by atoms with van der Waals surface area (Å²) >= 11 is 12.2. The van der Waals surface area contributed by atoms with Crippen molar-refractivity contribution in [3.8, 4) is 0 Å². The van der Waals surface area contributed by atoms with Gasteiger partial charge in [0.05, 0.1) is 17.0 Å². The summed E-state index contributed by atoms with van der Waals surface area (Å²) in [6.07, 6.45) is 0. The number of esters is 1. The fourth-order valence-electron chi connectivity index (χ4n) is 1.35. The average Bonchev–Trinajstić information content (AvgIpc) is 2.61. The van der Waals surface area contributed by atoms with Gasteiger partial charge in [-0.3, -0.25) is 4.72 Å². The Morgan fingerprint density at radius 3 is 2.61 bits per heavy atom. The monoisotopic (exact) mass is 329 g/mol. The minimum absolute atomic E-state index is 0.00436. The standard InChI is InChI=1S/C8H5Cl2NO5S2/c1-16-8(13)3-4(12)5-6(18(14,15)11-3)2(9)7(10)17-5/h11-12H,1H3. The molecule has 6 nitrogen and oxygen atoms in total. The predicted molar refractivity (Wildman–Crippen MR) is 66.2 cm³/mol. The maximum absolute atomic E-state index is 11.9. The van der Waals surface area contributed by atoms with Crippen LogP contribution in [0.5, 0.6) is 0 Å². The second kappa shape index (κ2) is 4.30. The molecule has 1 aliphatic rings. The zero-order valence-corrected chi connectivity index (χ0v) is 11.8. The largest absolute Gasteiger partial charge is 0.504 e. The van der Waals surface area contributed by atoms with Crippen molar-refractivity contribution in [3.63, 3.8) is 0 Å². The topological polar surface area (TPSA) is 92.7 Å². The number of hydrogen-bond donors (Lipinski definition) is 2. The van der Waals surface area contributed by atoms with Crippen molar-refractivity contribution in [2.45, 2.75) is 4.90 Å². The fourth-order valence-corrected chi connectivity index (χ4v) is 4.82. The van der Waals surface area contributed by atoms with Crippen molar-refractivity contribution < 1.29 is 23.1 Å². The Morgan fingerprint density at radius 1 is 1.44 bits per heavy atom. The van der Waals surface area contributed by atoms with Crippen LogP contribution in [-0.4, -0.2) is 26.6 Å². The van der Waals surface area contributed by atoms with Crippen LogP contribution < -0.4 is 4.72 Å². The molecular formula is C8H5Cl2NO5S2. The van der Waals surface area contributed by atoms with Gasteiger partial charge in [0, 0.05) is 0 Å². The van der Waals surface area contributed by atoms with E-state index in [0.717, 1.165) is 18.4 Å². The fraction of sp³-hybridized carbons (Fsp3) is 0.125. The molecule has 0 aliphatic carbocycles. The van der Waals surface area contributed by atoms with E-state index in [-0.39, 0.29) is 19.1 Å². The molecule has 1 aliphatic heterocycles. The van der Waals surface area contributed by atoms with Crippen molar-refractivity contribution >= 4 is 56.3 Å². The van der Waals surface area contributed by atoms with Crippen LogP contribution in [0.4, 0.5) is 0 Å². The number of rotatable bonds is 1. The molecule has 10 heteroatoms. The van der Waals surface area contributed by atoms with Crippen LogP contribution in [0.2, 0.25) is 9.36 Å². The quantitative estimate of drug-likeness (QED) is 0.765. The number of carbonyl (C=O) groups excluding carboxylic acids is 1. The van der Waals surface area contributed by atoms with Gasteiger partial charge in [-0.25, -0.2) is 13.2 Å². The van der Waals surface area contributed by atoms with E-state index in [1.165, 1.54) is 0 Å². The minimum Gasteiger partial charge on any atom is -0.504 e. The molecule has 0 unspecified atom stereocenters. The molecule has 0 radical (unpaired) electrons. The highest BCUT2D eigenvalue weighted by molar-refractivity contribution is 7.90. The molecule has 0 atom stereocenters. The van der Waals surface area contributed by atoms with Crippen molar-refractivity contribution in [3.05, 3.63) is 19.9 Å². The van der Waals surface area contributed by atoms with E-state index in [1.807, 2.05) is 4.72 Å². The number of ether oxygens (including phenoxy) is 1. The molecular weight excluding hydrogens is 325 g/mol.